The summed E-state index contributed by atoms with van der Waals surface area (Å²) in [6.07, 6.45) is 5.92. The highest BCUT2D eigenvalue weighted by atomic mass is 16.4. The summed E-state index contributed by atoms with van der Waals surface area (Å²) in [4.78, 5) is 22.4. The third-order valence-corrected chi connectivity index (χ3v) is 3.86. The summed E-state index contributed by atoms with van der Waals surface area (Å²) in [6.45, 7) is 2.49. The molecule has 0 aliphatic heterocycles. The van der Waals surface area contributed by atoms with Crippen LogP contribution in [0.1, 0.15) is 43.1 Å². The third-order valence-electron chi connectivity index (χ3n) is 3.86. The Labute approximate surface area is 111 Å². The minimum absolute atomic E-state index is 0.159. The highest BCUT2D eigenvalue weighted by Gasteiger charge is 2.35. The van der Waals surface area contributed by atoms with Crippen molar-refractivity contribution in [3.05, 3.63) is 11.9 Å². The van der Waals surface area contributed by atoms with Gasteiger partial charge in [-0.25, -0.2) is 4.68 Å². The Hall–Kier alpha value is -1.92. The maximum atomic E-state index is 11.9. The van der Waals surface area contributed by atoms with Crippen molar-refractivity contribution in [2.24, 2.45) is 5.41 Å². The highest BCUT2D eigenvalue weighted by Crippen LogP contribution is 2.43. The molecular weight excluding hydrogens is 248 g/mol. The molecule has 0 radical (unpaired) electrons. The number of carboxylic acids is 1. The van der Waals surface area contributed by atoms with Gasteiger partial charge in [0.2, 0.25) is 0 Å². The van der Waals surface area contributed by atoms with E-state index >= 15 is 0 Å². The maximum Gasteiger partial charge on any atom is 0.325 e. The average Bonchev–Trinajstić information content (AvgIpc) is 2.75. The number of carbonyl (C=O) groups excluding carboxylic acids is 1. The predicted molar refractivity (Wildman–Crippen MR) is 66.6 cm³/mol. The lowest BCUT2D eigenvalue weighted by molar-refractivity contribution is -0.137. The van der Waals surface area contributed by atoms with Gasteiger partial charge in [0.15, 0.2) is 5.69 Å². The van der Waals surface area contributed by atoms with E-state index in [1.807, 2.05) is 0 Å². The Morgan fingerprint density at radius 1 is 1.53 bits per heavy atom. The smallest absolute Gasteiger partial charge is 0.325 e. The van der Waals surface area contributed by atoms with Gasteiger partial charge in [0.05, 0.1) is 6.20 Å². The lowest BCUT2D eigenvalue weighted by atomic mass is 9.67. The van der Waals surface area contributed by atoms with Crippen LogP contribution >= 0.6 is 0 Å². The van der Waals surface area contributed by atoms with Gasteiger partial charge in [0, 0.05) is 6.54 Å². The van der Waals surface area contributed by atoms with Crippen LogP contribution in [-0.4, -0.2) is 38.5 Å². The van der Waals surface area contributed by atoms with Crippen molar-refractivity contribution >= 4 is 11.9 Å². The van der Waals surface area contributed by atoms with Gasteiger partial charge in [0.25, 0.3) is 5.91 Å². The summed E-state index contributed by atoms with van der Waals surface area (Å²) in [5.74, 6) is -1.31. The van der Waals surface area contributed by atoms with Gasteiger partial charge in [0.1, 0.15) is 6.54 Å². The fourth-order valence-corrected chi connectivity index (χ4v) is 2.31. The molecular formula is C12H18N4O3. The van der Waals surface area contributed by atoms with Crippen molar-refractivity contribution in [3.63, 3.8) is 0 Å². The van der Waals surface area contributed by atoms with Crippen LogP contribution in [0.4, 0.5) is 0 Å². The second-order valence-corrected chi connectivity index (χ2v) is 5.08. The van der Waals surface area contributed by atoms with E-state index in [0.29, 0.717) is 6.54 Å². The van der Waals surface area contributed by atoms with E-state index in [2.05, 4.69) is 22.6 Å². The third kappa shape index (κ3) is 3.10. The van der Waals surface area contributed by atoms with Crippen molar-refractivity contribution < 1.29 is 14.7 Å². The molecule has 0 saturated heterocycles. The molecule has 0 aromatic carbocycles. The molecule has 1 aliphatic rings. The van der Waals surface area contributed by atoms with Gasteiger partial charge in [-0.2, -0.15) is 0 Å². The molecule has 1 aromatic heterocycles. The Morgan fingerprint density at radius 3 is 2.79 bits per heavy atom. The van der Waals surface area contributed by atoms with E-state index in [0.717, 1.165) is 23.9 Å². The minimum atomic E-state index is -1.02. The largest absolute Gasteiger partial charge is 0.480 e. The molecule has 0 atom stereocenters. The van der Waals surface area contributed by atoms with Gasteiger partial charge >= 0.3 is 5.97 Å². The summed E-state index contributed by atoms with van der Waals surface area (Å²) in [6, 6.07) is 0. The molecule has 7 heteroatoms. The van der Waals surface area contributed by atoms with Crippen LogP contribution in [0.25, 0.3) is 0 Å². The van der Waals surface area contributed by atoms with Gasteiger partial charge in [-0.15, -0.1) is 5.10 Å². The molecule has 104 valence electrons. The van der Waals surface area contributed by atoms with E-state index in [1.54, 1.807) is 0 Å². The van der Waals surface area contributed by atoms with Crippen molar-refractivity contribution in [3.8, 4) is 0 Å². The summed E-state index contributed by atoms with van der Waals surface area (Å²) >= 11 is 0. The Bertz CT molecular complexity index is 474. The van der Waals surface area contributed by atoms with Crippen LogP contribution in [0.3, 0.4) is 0 Å². The first-order valence-corrected chi connectivity index (χ1v) is 6.45. The average molecular weight is 266 g/mol. The minimum Gasteiger partial charge on any atom is -0.480 e. The van der Waals surface area contributed by atoms with Gasteiger partial charge in [-0.1, -0.05) is 18.6 Å². The topological polar surface area (TPSA) is 97.1 Å². The summed E-state index contributed by atoms with van der Waals surface area (Å²) in [5.41, 5.74) is 0.402. The van der Waals surface area contributed by atoms with E-state index in [9.17, 15) is 9.59 Å². The van der Waals surface area contributed by atoms with Gasteiger partial charge < -0.3 is 10.4 Å². The van der Waals surface area contributed by atoms with Gasteiger partial charge in [-0.3, -0.25) is 9.59 Å². The lowest BCUT2D eigenvalue weighted by Crippen LogP contribution is -2.41. The van der Waals surface area contributed by atoms with E-state index < -0.39 is 5.97 Å². The molecule has 2 N–H and O–H groups in total. The highest BCUT2D eigenvalue weighted by molar-refractivity contribution is 5.91. The van der Waals surface area contributed by atoms with Crippen LogP contribution in [0, 0.1) is 5.41 Å². The van der Waals surface area contributed by atoms with Crippen molar-refractivity contribution in [1.82, 2.24) is 20.3 Å². The molecule has 1 heterocycles. The number of aliphatic carboxylic acids is 1. The van der Waals surface area contributed by atoms with Crippen molar-refractivity contribution in [2.75, 3.05) is 6.54 Å². The zero-order chi connectivity index (χ0) is 13.9. The second-order valence-electron chi connectivity index (χ2n) is 5.08. The number of nitrogens with one attached hydrogen (secondary N) is 1. The van der Waals surface area contributed by atoms with E-state index in [-0.39, 0.29) is 23.6 Å². The summed E-state index contributed by atoms with van der Waals surface area (Å²) in [7, 11) is 0. The first-order valence-electron chi connectivity index (χ1n) is 6.45. The van der Waals surface area contributed by atoms with Crippen LogP contribution in [0.5, 0.6) is 0 Å². The SMILES string of the molecule is CCC1(CNC(=O)c2cn(CC(=O)O)nn2)CCC1. The normalized spacial score (nSPS) is 16.7. The fraction of sp³-hybridized carbons (Fsp3) is 0.667. The molecule has 0 spiro atoms. The van der Waals surface area contributed by atoms with Gasteiger partial charge in [-0.05, 0) is 24.7 Å². The molecule has 1 saturated carbocycles. The van der Waals surface area contributed by atoms with Crippen LogP contribution in [-0.2, 0) is 11.3 Å². The standard InChI is InChI=1S/C12H18N4O3/c1-2-12(4-3-5-12)8-13-11(19)9-6-16(15-14-9)7-10(17)18/h6H,2-5,7-8H2,1H3,(H,13,19)(H,17,18). The Kier molecular flexibility index (Phi) is 3.82. The molecule has 1 amide bonds. The number of hydrogen-bond donors (Lipinski definition) is 2. The first-order chi connectivity index (χ1) is 9.04. The number of nitrogens with zero attached hydrogens (tertiary/aromatic N) is 3. The number of aromatic nitrogens is 3. The zero-order valence-electron chi connectivity index (χ0n) is 10.9. The van der Waals surface area contributed by atoms with Crippen molar-refractivity contribution in [1.29, 1.82) is 0 Å². The van der Waals surface area contributed by atoms with Crippen LogP contribution in [0.15, 0.2) is 6.20 Å². The molecule has 19 heavy (non-hydrogen) atoms. The number of hydrogen-bond acceptors (Lipinski definition) is 4. The predicted octanol–water partition coefficient (Wildman–Crippen LogP) is 0.673. The van der Waals surface area contributed by atoms with E-state index in [4.69, 9.17) is 5.11 Å². The molecule has 1 aliphatic carbocycles. The van der Waals surface area contributed by atoms with Crippen LogP contribution in [0.2, 0.25) is 0 Å². The Morgan fingerprint density at radius 2 is 2.26 bits per heavy atom. The van der Waals surface area contributed by atoms with Crippen molar-refractivity contribution in [2.45, 2.75) is 39.2 Å². The zero-order valence-corrected chi connectivity index (χ0v) is 10.9. The molecule has 2 rings (SSSR count). The summed E-state index contributed by atoms with van der Waals surface area (Å²) in [5, 5.41) is 18.7. The first kappa shape index (κ1) is 13.5. The lowest BCUT2D eigenvalue weighted by Gasteiger charge is -2.41. The number of carbonyl (C=O) groups is 2. The number of rotatable bonds is 6. The fourth-order valence-electron chi connectivity index (χ4n) is 2.31. The van der Waals surface area contributed by atoms with E-state index in [1.165, 1.54) is 12.6 Å². The summed E-state index contributed by atoms with van der Waals surface area (Å²) < 4.78 is 1.14. The molecule has 7 nitrogen and oxygen atoms in total. The molecule has 1 fully saturated rings. The van der Waals surface area contributed by atoms with Crippen LogP contribution < -0.4 is 5.32 Å². The Balaban J connectivity index is 1.89. The molecule has 0 bridgehead atoms. The monoisotopic (exact) mass is 266 g/mol. The second kappa shape index (κ2) is 5.38. The molecule has 0 unspecified atom stereocenters. The molecule has 1 aromatic rings. The number of carboxylic acid groups (broad SMARTS) is 1. The maximum absolute atomic E-state index is 11.9. The quantitative estimate of drug-likeness (QED) is 0.788. The number of amides is 1.